The number of benzene rings is 2. The molecule has 1 heterocycles. The first-order valence-corrected chi connectivity index (χ1v) is 10.3. The zero-order chi connectivity index (χ0) is 22.4. The number of amides is 3. The van der Waals surface area contributed by atoms with Crippen LogP contribution in [0.3, 0.4) is 0 Å². The summed E-state index contributed by atoms with van der Waals surface area (Å²) >= 11 is 0. The molecule has 1 saturated heterocycles. The fourth-order valence-corrected chi connectivity index (χ4v) is 3.52. The number of nitrogens with one attached hydrogen (secondary N) is 1. The smallest absolute Gasteiger partial charge is 0.312 e. The van der Waals surface area contributed by atoms with Gasteiger partial charge < -0.3 is 19.9 Å². The topological polar surface area (TPSA) is 79.0 Å². The summed E-state index contributed by atoms with van der Waals surface area (Å²) in [6.45, 7) is 5.00. The standard InChI is InChI=1S/C23H26FN3O4/c1-3-20(21(28)25-18-9-11-19(12-10-18)31-4-2)27-14-13-26(22(29)23(27)30)15-16-5-7-17(24)8-6-16/h5-12,20H,3-4,13-15H2,1-2H3,(H,25,28)/t20-/m1/s1. The van der Waals surface area contributed by atoms with Gasteiger partial charge in [-0.2, -0.15) is 0 Å². The van der Waals surface area contributed by atoms with Crippen LogP contribution in [-0.4, -0.2) is 53.3 Å². The Morgan fingerprint density at radius 1 is 1.03 bits per heavy atom. The first kappa shape index (κ1) is 22.3. The first-order chi connectivity index (χ1) is 14.9. The number of carbonyl (C=O) groups is 3. The normalized spacial score (nSPS) is 15.1. The van der Waals surface area contributed by atoms with Gasteiger partial charge >= 0.3 is 11.8 Å². The molecule has 3 amide bonds. The molecular formula is C23H26FN3O4. The van der Waals surface area contributed by atoms with E-state index in [1.165, 1.54) is 21.9 Å². The molecule has 0 saturated carbocycles. The summed E-state index contributed by atoms with van der Waals surface area (Å²) in [6, 6.07) is 12.0. The van der Waals surface area contributed by atoms with E-state index < -0.39 is 17.9 Å². The molecule has 0 bridgehead atoms. The van der Waals surface area contributed by atoms with Gasteiger partial charge in [-0.15, -0.1) is 0 Å². The number of carbonyl (C=O) groups excluding carboxylic acids is 3. The van der Waals surface area contributed by atoms with Gasteiger partial charge in [0.05, 0.1) is 6.61 Å². The molecule has 0 spiro atoms. The van der Waals surface area contributed by atoms with Gasteiger partial charge in [0.25, 0.3) is 0 Å². The average molecular weight is 427 g/mol. The van der Waals surface area contributed by atoms with Gasteiger partial charge in [-0.05, 0) is 55.3 Å². The minimum atomic E-state index is -0.754. The second-order valence-electron chi connectivity index (χ2n) is 7.22. The van der Waals surface area contributed by atoms with E-state index in [0.717, 1.165) is 5.56 Å². The zero-order valence-corrected chi connectivity index (χ0v) is 17.6. The van der Waals surface area contributed by atoms with Gasteiger partial charge in [-0.3, -0.25) is 14.4 Å². The fraction of sp³-hybridized carbons (Fsp3) is 0.348. The van der Waals surface area contributed by atoms with Crippen molar-refractivity contribution in [2.75, 3.05) is 25.0 Å². The molecule has 164 valence electrons. The molecule has 0 aliphatic carbocycles. The van der Waals surface area contributed by atoms with Gasteiger partial charge in [0.1, 0.15) is 17.6 Å². The van der Waals surface area contributed by atoms with Crippen molar-refractivity contribution in [2.45, 2.75) is 32.9 Å². The summed E-state index contributed by atoms with van der Waals surface area (Å²) in [5.41, 5.74) is 1.32. The monoisotopic (exact) mass is 427 g/mol. The molecule has 31 heavy (non-hydrogen) atoms. The molecule has 3 rings (SSSR count). The minimum absolute atomic E-state index is 0.216. The second kappa shape index (κ2) is 10.1. The van der Waals surface area contributed by atoms with Crippen LogP contribution in [0.4, 0.5) is 10.1 Å². The highest BCUT2D eigenvalue weighted by molar-refractivity contribution is 6.35. The Bertz CT molecular complexity index is 931. The van der Waals surface area contributed by atoms with Crippen molar-refractivity contribution in [3.8, 4) is 5.75 Å². The van der Waals surface area contributed by atoms with Crippen LogP contribution in [-0.2, 0) is 20.9 Å². The number of hydrogen-bond acceptors (Lipinski definition) is 4. The van der Waals surface area contributed by atoms with Crippen LogP contribution in [0.15, 0.2) is 48.5 Å². The summed E-state index contributed by atoms with van der Waals surface area (Å²) in [4.78, 5) is 40.9. The van der Waals surface area contributed by atoms with Crippen LogP contribution < -0.4 is 10.1 Å². The van der Waals surface area contributed by atoms with Gasteiger partial charge in [0.2, 0.25) is 5.91 Å². The Morgan fingerprint density at radius 2 is 1.71 bits per heavy atom. The van der Waals surface area contributed by atoms with E-state index in [-0.39, 0.29) is 24.8 Å². The fourth-order valence-electron chi connectivity index (χ4n) is 3.52. The van der Waals surface area contributed by atoms with Gasteiger partial charge in [-0.1, -0.05) is 19.1 Å². The van der Waals surface area contributed by atoms with Crippen molar-refractivity contribution in [3.05, 3.63) is 59.9 Å². The average Bonchev–Trinajstić information content (AvgIpc) is 2.76. The number of nitrogens with zero attached hydrogens (tertiary/aromatic N) is 2. The third-order valence-corrected chi connectivity index (χ3v) is 5.13. The molecule has 1 aliphatic rings. The van der Waals surface area contributed by atoms with E-state index >= 15 is 0 Å². The van der Waals surface area contributed by atoms with Crippen LogP contribution >= 0.6 is 0 Å². The Kier molecular flexibility index (Phi) is 7.23. The van der Waals surface area contributed by atoms with Crippen LogP contribution in [0.1, 0.15) is 25.8 Å². The predicted octanol–water partition coefficient (Wildman–Crippen LogP) is 2.81. The van der Waals surface area contributed by atoms with Crippen molar-refractivity contribution in [1.29, 1.82) is 0 Å². The van der Waals surface area contributed by atoms with E-state index in [1.54, 1.807) is 43.3 Å². The predicted molar refractivity (Wildman–Crippen MR) is 114 cm³/mol. The lowest BCUT2D eigenvalue weighted by Crippen LogP contribution is -2.59. The van der Waals surface area contributed by atoms with E-state index in [4.69, 9.17) is 4.74 Å². The SMILES string of the molecule is CCOc1ccc(NC(=O)[C@@H](CC)N2CCN(Cc3ccc(F)cc3)C(=O)C2=O)cc1. The molecule has 0 unspecified atom stereocenters. The molecule has 8 heteroatoms. The van der Waals surface area contributed by atoms with Gasteiger partial charge in [0.15, 0.2) is 0 Å². The number of anilines is 1. The number of ether oxygens (including phenoxy) is 1. The largest absolute Gasteiger partial charge is 0.494 e. The van der Waals surface area contributed by atoms with E-state index in [1.807, 2.05) is 6.92 Å². The van der Waals surface area contributed by atoms with Gasteiger partial charge in [-0.25, -0.2) is 4.39 Å². The Balaban J connectivity index is 1.63. The van der Waals surface area contributed by atoms with Crippen LogP contribution in [0.25, 0.3) is 0 Å². The first-order valence-electron chi connectivity index (χ1n) is 10.3. The summed E-state index contributed by atoms with van der Waals surface area (Å²) in [6.07, 6.45) is 0.375. The Morgan fingerprint density at radius 3 is 2.32 bits per heavy atom. The van der Waals surface area contributed by atoms with Crippen LogP contribution in [0.5, 0.6) is 5.75 Å². The second-order valence-corrected chi connectivity index (χ2v) is 7.22. The third-order valence-electron chi connectivity index (χ3n) is 5.13. The highest BCUT2D eigenvalue weighted by atomic mass is 19.1. The Hall–Kier alpha value is -3.42. The van der Waals surface area contributed by atoms with Crippen LogP contribution in [0, 0.1) is 5.82 Å². The molecule has 7 nitrogen and oxygen atoms in total. The lowest BCUT2D eigenvalue weighted by atomic mass is 10.1. The van der Waals surface area contributed by atoms with Crippen molar-refractivity contribution in [1.82, 2.24) is 9.80 Å². The molecule has 2 aromatic rings. The summed E-state index contributed by atoms with van der Waals surface area (Å²) < 4.78 is 18.5. The molecule has 1 fully saturated rings. The number of rotatable bonds is 8. The molecule has 0 radical (unpaired) electrons. The van der Waals surface area contributed by atoms with Gasteiger partial charge in [0, 0.05) is 25.3 Å². The van der Waals surface area contributed by atoms with Crippen molar-refractivity contribution in [2.24, 2.45) is 0 Å². The molecule has 1 aliphatic heterocycles. The summed E-state index contributed by atoms with van der Waals surface area (Å²) in [5, 5.41) is 2.80. The maximum absolute atomic E-state index is 13.1. The quantitative estimate of drug-likeness (QED) is 0.657. The highest BCUT2D eigenvalue weighted by Gasteiger charge is 2.38. The minimum Gasteiger partial charge on any atom is -0.494 e. The third kappa shape index (κ3) is 5.39. The van der Waals surface area contributed by atoms with Crippen molar-refractivity contribution >= 4 is 23.4 Å². The molecule has 1 atom stereocenters. The Labute approximate surface area is 180 Å². The number of piperazine rings is 1. The summed E-state index contributed by atoms with van der Waals surface area (Å²) in [5.74, 6) is -1.38. The van der Waals surface area contributed by atoms with Crippen molar-refractivity contribution in [3.63, 3.8) is 0 Å². The molecule has 2 aromatic carbocycles. The van der Waals surface area contributed by atoms with E-state index in [2.05, 4.69) is 5.32 Å². The maximum Gasteiger partial charge on any atom is 0.312 e. The zero-order valence-electron chi connectivity index (χ0n) is 17.6. The molecule has 0 aromatic heterocycles. The summed E-state index contributed by atoms with van der Waals surface area (Å²) in [7, 11) is 0. The van der Waals surface area contributed by atoms with Crippen LogP contribution in [0.2, 0.25) is 0 Å². The number of halogens is 1. The van der Waals surface area contributed by atoms with E-state index in [0.29, 0.717) is 31.0 Å². The number of hydrogen-bond donors (Lipinski definition) is 1. The lowest BCUT2D eigenvalue weighted by Gasteiger charge is -2.37. The van der Waals surface area contributed by atoms with E-state index in [9.17, 15) is 18.8 Å². The lowest BCUT2D eigenvalue weighted by molar-refractivity contribution is -0.159. The molecular weight excluding hydrogens is 401 g/mol. The highest BCUT2D eigenvalue weighted by Crippen LogP contribution is 2.19. The molecule has 1 N–H and O–H groups in total. The maximum atomic E-state index is 13.1. The van der Waals surface area contributed by atoms with Crippen molar-refractivity contribution < 1.29 is 23.5 Å².